The first-order valence-corrected chi connectivity index (χ1v) is 5.93. The smallest absolute Gasteiger partial charge is 0.193 e. The van der Waals surface area contributed by atoms with Crippen molar-refractivity contribution >= 4 is 17.2 Å². The van der Waals surface area contributed by atoms with Crippen LogP contribution in [-0.2, 0) is 6.61 Å². The van der Waals surface area contributed by atoms with Crippen LogP contribution in [0.5, 0.6) is 0 Å². The predicted octanol–water partition coefficient (Wildman–Crippen LogP) is 1.88. The molecular weight excluding hydrogens is 240 g/mol. The van der Waals surface area contributed by atoms with Gasteiger partial charge in [0.1, 0.15) is 0 Å². The summed E-state index contributed by atoms with van der Waals surface area (Å²) in [6, 6.07) is 10.1. The first kappa shape index (κ1) is 13.1. The molecule has 5 N–H and O–H groups in total. The number of benzene rings is 2. The number of hydrogen-bond acceptors (Lipinski definition) is 4. The Morgan fingerprint density at radius 3 is 2.42 bits per heavy atom. The molecule has 0 aliphatic rings. The van der Waals surface area contributed by atoms with E-state index in [4.69, 9.17) is 16.6 Å². The zero-order chi connectivity index (χ0) is 14.0. The minimum atomic E-state index is -0.103. The van der Waals surface area contributed by atoms with E-state index in [0.717, 1.165) is 11.1 Å². The van der Waals surface area contributed by atoms with Crippen molar-refractivity contribution in [3.63, 3.8) is 0 Å². The minimum absolute atomic E-state index is 0.0376. The van der Waals surface area contributed by atoms with Crippen LogP contribution in [-0.4, -0.2) is 10.9 Å². The van der Waals surface area contributed by atoms with Crippen LogP contribution in [0.15, 0.2) is 36.4 Å². The molecule has 0 aliphatic carbocycles. The van der Waals surface area contributed by atoms with Gasteiger partial charge in [0.05, 0.1) is 18.0 Å². The summed E-state index contributed by atoms with van der Waals surface area (Å²) in [7, 11) is 0. The third kappa shape index (κ3) is 2.58. The van der Waals surface area contributed by atoms with E-state index in [1.807, 2.05) is 6.92 Å². The number of carbonyl (C=O) groups excluding carboxylic acids is 1. The van der Waals surface area contributed by atoms with Crippen LogP contribution in [0.3, 0.4) is 0 Å². The largest absolute Gasteiger partial charge is 0.397 e. The van der Waals surface area contributed by atoms with Crippen LogP contribution < -0.4 is 11.5 Å². The van der Waals surface area contributed by atoms with Gasteiger partial charge in [0.25, 0.3) is 0 Å². The Labute approximate surface area is 111 Å². The number of anilines is 2. The number of aryl methyl sites for hydroxylation is 1. The standard InChI is InChI=1S/C15H16N2O2/c1-9-6-10(8-18)2-4-12(9)15(19)11-3-5-13(16)14(17)7-11/h2-7,18H,8,16-17H2,1H3. The summed E-state index contributed by atoms with van der Waals surface area (Å²) in [5.41, 5.74) is 14.9. The number of aliphatic hydroxyl groups excluding tert-OH is 1. The summed E-state index contributed by atoms with van der Waals surface area (Å²) < 4.78 is 0. The van der Waals surface area contributed by atoms with Crippen LogP contribution in [0.25, 0.3) is 0 Å². The van der Waals surface area contributed by atoms with Crippen LogP contribution >= 0.6 is 0 Å². The molecule has 0 aromatic heterocycles. The van der Waals surface area contributed by atoms with Crippen molar-refractivity contribution in [3.05, 3.63) is 58.7 Å². The average molecular weight is 256 g/mol. The summed E-state index contributed by atoms with van der Waals surface area (Å²) in [6.45, 7) is 1.80. The van der Waals surface area contributed by atoms with E-state index in [9.17, 15) is 4.79 Å². The van der Waals surface area contributed by atoms with Gasteiger partial charge in [0, 0.05) is 11.1 Å². The normalized spacial score (nSPS) is 10.4. The molecule has 0 saturated carbocycles. The SMILES string of the molecule is Cc1cc(CO)ccc1C(=O)c1ccc(N)c(N)c1. The maximum Gasteiger partial charge on any atom is 0.193 e. The third-order valence-electron chi connectivity index (χ3n) is 3.07. The van der Waals surface area contributed by atoms with E-state index in [-0.39, 0.29) is 12.4 Å². The molecule has 0 unspecified atom stereocenters. The van der Waals surface area contributed by atoms with E-state index >= 15 is 0 Å². The number of hydrogen-bond donors (Lipinski definition) is 3. The molecule has 4 nitrogen and oxygen atoms in total. The van der Waals surface area contributed by atoms with E-state index in [1.165, 1.54) is 0 Å². The molecule has 0 atom stereocenters. The van der Waals surface area contributed by atoms with Crippen molar-refractivity contribution in [2.24, 2.45) is 0 Å². The Morgan fingerprint density at radius 1 is 1.11 bits per heavy atom. The molecule has 0 amide bonds. The molecule has 2 aromatic carbocycles. The Balaban J connectivity index is 2.41. The molecule has 4 heteroatoms. The second kappa shape index (κ2) is 5.12. The van der Waals surface area contributed by atoms with Crippen molar-refractivity contribution in [2.75, 3.05) is 11.5 Å². The van der Waals surface area contributed by atoms with Crippen LogP contribution in [0.4, 0.5) is 11.4 Å². The number of nitrogens with two attached hydrogens (primary N) is 2. The zero-order valence-corrected chi connectivity index (χ0v) is 10.7. The minimum Gasteiger partial charge on any atom is -0.397 e. The molecule has 0 radical (unpaired) electrons. The van der Waals surface area contributed by atoms with Gasteiger partial charge in [-0.05, 0) is 36.2 Å². The molecule has 0 aliphatic heterocycles. The second-order valence-corrected chi connectivity index (χ2v) is 4.48. The Hall–Kier alpha value is -2.33. The second-order valence-electron chi connectivity index (χ2n) is 4.48. The zero-order valence-electron chi connectivity index (χ0n) is 10.7. The highest BCUT2D eigenvalue weighted by molar-refractivity contribution is 6.10. The summed E-state index contributed by atoms with van der Waals surface area (Å²) in [5, 5.41) is 9.06. The highest BCUT2D eigenvalue weighted by Gasteiger charge is 2.13. The van der Waals surface area contributed by atoms with Crippen LogP contribution in [0.2, 0.25) is 0 Å². The van der Waals surface area contributed by atoms with E-state index in [1.54, 1.807) is 36.4 Å². The monoisotopic (exact) mass is 256 g/mol. The van der Waals surface area contributed by atoms with Gasteiger partial charge < -0.3 is 16.6 Å². The van der Waals surface area contributed by atoms with Crippen LogP contribution in [0.1, 0.15) is 27.0 Å². The number of aliphatic hydroxyl groups is 1. The molecule has 0 fully saturated rings. The Morgan fingerprint density at radius 2 is 1.84 bits per heavy atom. The fourth-order valence-corrected chi connectivity index (χ4v) is 1.95. The summed E-state index contributed by atoms with van der Waals surface area (Å²) >= 11 is 0. The van der Waals surface area contributed by atoms with Crippen molar-refractivity contribution in [2.45, 2.75) is 13.5 Å². The van der Waals surface area contributed by atoms with Gasteiger partial charge in [0.15, 0.2) is 5.78 Å². The van der Waals surface area contributed by atoms with Gasteiger partial charge in [0.2, 0.25) is 0 Å². The molecule has 19 heavy (non-hydrogen) atoms. The van der Waals surface area contributed by atoms with E-state index in [2.05, 4.69) is 0 Å². The lowest BCUT2D eigenvalue weighted by molar-refractivity contribution is 0.103. The maximum absolute atomic E-state index is 12.4. The first-order valence-electron chi connectivity index (χ1n) is 5.93. The lowest BCUT2D eigenvalue weighted by Gasteiger charge is -2.08. The molecule has 98 valence electrons. The number of ketones is 1. The third-order valence-corrected chi connectivity index (χ3v) is 3.07. The summed E-state index contributed by atoms with van der Waals surface area (Å²) in [6.07, 6.45) is 0. The molecule has 0 spiro atoms. The summed E-state index contributed by atoms with van der Waals surface area (Å²) in [5.74, 6) is -0.103. The molecule has 2 aromatic rings. The lowest BCUT2D eigenvalue weighted by atomic mass is 9.97. The fraction of sp³-hybridized carbons (Fsp3) is 0.133. The van der Waals surface area contributed by atoms with Gasteiger partial charge in [-0.2, -0.15) is 0 Å². The molecule has 0 saturated heterocycles. The van der Waals surface area contributed by atoms with Crippen molar-refractivity contribution in [3.8, 4) is 0 Å². The Kier molecular flexibility index (Phi) is 3.53. The average Bonchev–Trinajstić information content (AvgIpc) is 2.41. The highest BCUT2D eigenvalue weighted by Crippen LogP contribution is 2.20. The number of rotatable bonds is 3. The van der Waals surface area contributed by atoms with Gasteiger partial charge in [-0.3, -0.25) is 4.79 Å². The predicted molar refractivity (Wildman–Crippen MR) is 75.8 cm³/mol. The van der Waals surface area contributed by atoms with Crippen molar-refractivity contribution < 1.29 is 9.90 Å². The first-order chi connectivity index (χ1) is 9.02. The quantitative estimate of drug-likeness (QED) is 0.578. The van der Waals surface area contributed by atoms with Crippen molar-refractivity contribution in [1.29, 1.82) is 0 Å². The van der Waals surface area contributed by atoms with Crippen molar-refractivity contribution in [1.82, 2.24) is 0 Å². The Bertz CT molecular complexity index is 636. The molecular formula is C15H16N2O2. The molecule has 0 bridgehead atoms. The topological polar surface area (TPSA) is 89.3 Å². The van der Waals surface area contributed by atoms with E-state index < -0.39 is 0 Å². The van der Waals surface area contributed by atoms with Crippen LogP contribution in [0, 0.1) is 6.92 Å². The summed E-state index contributed by atoms with van der Waals surface area (Å²) in [4.78, 5) is 12.4. The van der Waals surface area contributed by atoms with Gasteiger partial charge in [-0.15, -0.1) is 0 Å². The molecule has 2 rings (SSSR count). The van der Waals surface area contributed by atoms with Gasteiger partial charge >= 0.3 is 0 Å². The van der Waals surface area contributed by atoms with E-state index in [0.29, 0.717) is 22.5 Å². The fourth-order valence-electron chi connectivity index (χ4n) is 1.95. The van der Waals surface area contributed by atoms with Gasteiger partial charge in [-0.25, -0.2) is 0 Å². The number of nitrogen functional groups attached to an aromatic ring is 2. The number of carbonyl (C=O) groups is 1. The molecule has 0 heterocycles. The maximum atomic E-state index is 12.4. The lowest BCUT2D eigenvalue weighted by Crippen LogP contribution is -2.06. The highest BCUT2D eigenvalue weighted by atomic mass is 16.3. The van der Waals surface area contributed by atoms with Gasteiger partial charge in [-0.1, -0.05) is 18.2 Å².